The van der Waals surface area contributed by atoms with E-state index < -0.39 is 0 Å². The summed E-state index contributed by atoms with van der Waals surface area (Å²) in [6.45, 7) is 2.43. The Bertz CT molecular complexity index is 1140. The van der Waals surface area contributed by atoms with Crippen molar-refractivity contribution in [3.05, 3.63) is 63.1 Å². The summed E-state index contributed by atoms with van der Waals surface area (Å²) in [6.07, 6.45) is 5.47. The first-order valence-corrected chi connectivity index (χ1v) is 9.38. The lowest BCUT2D eigenvalue weighted by atomic mass is 10.1. The molecule has 0 amide bonds. The Hall–Kier alpha value is -2.15. The topological polar surface area (TPSA) is 62.7 Å². The van der Waals surface area contributed by atoms with Gasteiger partial charge < -0.3 is 10.3 Å². The summed E-state index contributed by atoms with van der Waals surface area (Å²) in [4.78, 5) is 23.0. The smallest absolute Gasteiger partial charge is 0.262 e. The lowest BCUT2D eigenvalue weighted by Crippen LogP contribution is -2.25. The fourth-order valence-corrected chi connectivity index (χ4v) is 4.84. The third-order valence-corrected chi connectivity index (χ3v) is 6.14. The molecular formula is C19H19ClN4OS. The normalized spacial score (nSPS) is 13.7. The molecule has 4 heterocycles. The fourth-order valence-electron chi connectivity index (χ4n) is 3.69. The van der Waals surface area contributed by atoms with Gasteiger partial charge in [-0.25, -0.2) is 4.98 Å². The van der Waals surface area contributed by atoms with Gasteiger partial charge in [-0.15, -0.1) is 23.7 Å². The highest BCUT2D eigenvalue weighted by atomic mass is 35.5. The number of hydrogen-bond acceptors (Lipinski definition) is 4. The summed E-state index contributed by atoms with van der Waals surface area (Å²) in [5, 5.41) is 5.43. The van der Waals surface area contributed by atoms with E-state index in [0.717, 1.165) is 41.7 Å². The summed E-state index contributed by atoms with van der Waals surface area (Å²) >= 11 is 1.65. The Balaban J connectivity index is 0.00000168. The summed E-state index contributed by atoms with van der Waals surface area (Å²) in [5.74, 6) is 0. The first-order valence-electron chi connectivity index (χ1n) is 8.56. The van der Waals surface area contributed by atoms with Gasteiger partial charge in [-0.3, -0.25) is 9.36 Å². The van der Waals surface area contributed by atoms with Gasteiger partial charge in [0, 0.05) is 35.1 Å². The van der Waals surface area contributed by atoms with Crippen LogP contribution in [0.15, 0.2) is 41.6 Å². The van der Waals surface area contributed by atoms with Crippen LogP contribution < -0.4 is 10.9 Å². The molecule has 0 saturated carbocycles. The summed E-state index contributed by atoms with van der Waals surface area (Å²) < 4.78 is 1.76. The minimum absolute atomic E-state index is 0. The second-order valence-electron chi connectivity index (χ2n) is 6.46. The number of hydrogen-bond donors (Lipinski definition) is 2. The number of H-pyrrole nitrogens is 1. The van der Waals surface area contributed by atoms with Crippen LogP contribution in [-0.4, -0.2) is 21.1 Å². The van der Waals surface area contributed by atoms with Gasteiger partial charge in [0.15, 0.2) is 0 Å². The maximum absolute atomic E-state index is 13.0. The number of thiophene rings is 1. The molecule has 0 bridgehead atoms. The largest absolute Gasteiger partial charge is 0.361 e. The van der Waals surface area contributed by atoms with Crippen LogP contribution in [0.25, 0.3) is 21.1 Å². The van der Waals surface area contributed by atoms with Crippen molar-refractivity contribution in [1.29, 1.82) is 0 Å². The Morgan fingerprint density at radius 1 is 1.27 bits per heavy atom. The van der Waals surface area contributed by atoms with Crippen molar-refractivity contribution in [2.45, 2.75) is 25.9 Å². The number of para-hydroxylation sites is 1. The van der Waals surface area contributed by atoms with Crippen molar-refractivity contribution in [3.8, 4) is 0 Å². The van der Waals surface area contributed by atoms with Crippen molar-refractivity contribution < 1.29 is 0 Å². The van der Waals surface area contributed by atoms with E-state index in [4.69, 9.17) is 0 Å². The molecule has 26 heavy (non-hydrogen) atoms. The van der Waals surface area contributed by atoms with E-state index in [1.54, 1.807) is 22.2 Å². The molecule has 0 aliphatic carbocycles. The quantitative estimate of drug-likeness (QED) is 0.568. The molecule has 0 atom stereocenters. The summed E-state index contributed by atoms with van der Waals surface area (Å²) in [5.41, 5.74) is 3.68. The van der Waals surface area contributed by atoms with Crippen LogP contribution in [0.5, 0.6) is 0 Å². The fraction of sp³-hybridized carbons (Fsp3) is 0.263. The maximum atomic E-state index is 13.0. The Labute approximate surface area is 160 Å². The van der Waals surface area contributed by atoms with E-state index in [-0.39, 0.29) is 18.0 Å². The van der Waals surface area contributed by atoms with Gasteiger partial charge in [-0.2, -0.15) is 0 Å². The SMILES string of the molecule is Cl.O=c1c2c3c(sc2ncn1CCc1c[nH]c2ccccc12)CNCC3. The molecule has 1 aromatic carbocycles. The van der Waals surface area contributed by atoms with Crippen molar-refractivity contribution in [1.82, 2.24) is 19.9 Å². The average Bonchev–Trinajstić information content (AvgIpc) is 3.22. The van der Waals surface area contributed by atoms with Crippen molar-refractivity contribution in [3.63, 3.8) is 0 Å². The zero-order valence-corrected chi connectivity index (χ0v) is 15.8. The van der Waals surface area contributed by atoms with E-state index in [0.29, 0.717) is 6.54 Å². The van der Waals surface area contributed by atoms with Crippen LogP contribution in [-0.2, 0) is 25.9 Å². The Morgan fingerprint density at radius 3 is 3.08 bits per heavy atom. The van der Waals surface area contributed by atoms with Crippen LogP contribution >= 0.6 is 23.7 Å². The van der Waals surface area contributed by atoms with Crippen molar-refractivity contribution in [2.75, 3.05) is 6.54 Å². The molecule has 1 aliphatic heterocycles. The first-order chi connectivity index (χ1) is 12.3. The number of aryl methyl sites for hydroxylation is 2. The number of benzene rings is 1. The molecule has 5 rings (SSSR count). The average molecular weight is 387 g/mol. The van der Waals surface area contributed by atoms with Gasteiger partial charge >= 0.3 is 0 Å². The van der Waals surface area contributed by atoms with Gasteiger partial charge in [-0.05, 0) is 36.6 Å². The van der Waals surface area contributed by atoms with E-state index in [1.165, 1.54) is 21.4 Å². The number of halogens is 1. The van der Waals surface area contributed by atoms with Gasteiger partial charge in [-0.1, -0.05) is 18.2 Å². The highest BCUT2D eigenvalue weighted by molar-refractivity contribution is 7.18. The zero-order chi connectivity index (χ0) is 16.8. The molecule has 7 heteroatoms. The molecule has 2 N–H and O–H groups in total. The molecule has 0 unspecified atom stereocenters. The van der Waals surface area contributed by atoms with E-state index in [9.17, 15) is 4.79 Å². The Kier molecular flexibility index (Phi) is 4.56. The van der Waals surface area contributed by atoms with E-state index >= 15 is 0 Å². The molecular weight excluding hydrogens is 368 g/mol. The van der Waals surface area contributed by atoms with Crippen LogP contribution in [0.3, 0.4) is 0 Å². The predicted octanol–water partition coefficient (Wildman–Crippen LogP) is 3.25. The highest BCUT2D eigenvalue weighted by Crippen LogP contribution is 2.29. The standard InChI is InChI=1S/C19H18N4OS.ClH/c24-19-17-14-5-7-20-10-16(14)25-18(17)22-11-23(19)8-6-12-9-21-15-4-2-1-3-13(12)15;/h1-4,9,11,20-21H,5-8,10H2;1H. The molecule has 3 aromatic heterocycles. The second-order valence-corrected chi connectivity index (χ2v) is 7.55. The Morgan fingerprint density at radius 2 is 2.15 bits per heavy atom. The molecule has 5 nitrogen and oxygen atoms in total. The first kappa shape index (κ1) is 17.3. The van der Waals surface area contributed by atoms with Crippen molar-refractivity contribution in [2.24, 2.45) is 0 Å². The molecule has 4 aromatic rings. The third kappa shape index (κ3) is 2.74. The van der Waals surface area contributed by atoms with Crippen LogP contribution in [0, 0.1) is 0 Å². The number of aromatic amines is 1. The van der Waals surface area contributed by atoms with Gasteiger partial charge in [0.1, 0.15) is 4.83 Å². The number of fused-ring (bicyclic) bond motifs is 4. The number of rotatable bonds is 3. The zero-order valence-electron chi connectivity index (χ0n) is 14.1. The molecule has 134 valence electrons. The number of nitrogens with zero attached hydrogens (tertiary/aromatic N) is 2. The van der Waals surface area contributed by atoms with Gasteiger partial charge in [0.05, 0.1) is 11.7 Å². The second kappa shape index (κ2) is 6.87. The van der Waals surface area contributed by atoms with E-state index in [1.807, 2.05) is 18.3 Å². The molecule has 0 radical (unpaired) electrons. The molecule has 1 aliphatic rings. The number of aromatic nitrogens is 3. The maximum Gasteiger partial charge on any atom is 0.262 e. The minimum Gasteiger partial charge on any atom is -0.361 e. The third-order valence-electron chi connectivity index (χ3n) is 5.00. The monoisotopic (exact) mass is 386 g/mol. The molecule has 0 spiro atoms. The van der Waals surface area contributed by atoms with Crippen molar-refractivity contribution >= 4 is 44.9 Å². The van der Waals surface area contributed by atoms with Crippen LogP contribution in [0.2, 0.25) is 0 Å². The van der Waals surface area contributed by atoms with Gasteiger partial charge in [0.25, 0.3) is 5.56 Å². The number of nitrogens with one attached hydrogen (secondary N) is 2. The van der Waals surface area contributed by atoms with Crippen LogP contribution in [0.1, 0.15) is 16.0 Å². The lowest BCUT2D eigenvalue weighted by molar-refractivity contribution is 0.651. The molecule has 0 saturated heterocycles. The van der Waals surface area contributed by atoms with E-state index in [2.05, 4.69) is 27.4 Å². The molecule has 0 fully saturated rings. The summed E-state index contributed by atoms with van der Waals surface area (Å²) in [6, 6.07) is 8.27. The minimum atomic E-state index is 0. The lowest BCUT2D eigenvalue weighted by Gasteiger charge is -2.12. The van der Waals surface area contributed by atoms with Gasteiger partial charge in [0.2, 0.25) is 0 Å². The van der Waals surface area contributed by atoms with Crippen LogP contribution in [0.4, 0.5) is 0 Å². The summed E-state index contributed by atoms with van der Waals surface area (Å²) in [7, 11) is 0. The predicted molar refractivity (Wildman–Crippen MR) is 109 cm³/mol. The highest BCUT2D eigenvalue weighted by Gasteiger charge is 2.19.